The number of carbonyl (C=O) groups is 2. The number of rotatable bonds is 5. The predicted octanol–water partition coefficient (Wildman–Crippen LogP) is 1.60. The Labute approximate surface area is 168 Å². The number of H-pyrrole nitrogens is 1. The zero-order chi connectivity index (χ0) is 20.2. The molecule has 1 saturated heterocycles. The van der Waals surface area contributed by atoms with E-state index in [-0.39, 0.29) is 11.8 Å². The lowest BCUT2D eigenvalue weighted by molar-refractivity contribution is -0.129. The summed E-state index contributed by atoms with van der Waals surface area (Å²) >= 11 is 0. The minimum Gasteiger partial charge on any atom is -0.361 e. The van der Waals surface area contributed by atoms with E-state index in [0.29, 0.717) is 38.4 Å². The molecule has 29 heavy (non-hydrogen) atoms. The summed E-state index contributed by atoms with van der Waals surface area (Å²) in [7, 11) is 0. The normalized spacial score (nSPS) is 14.2. The number of para-hydroxylation sites is 1. The summed E-state index contributed by atoms with van der Waals surface area (Å²) in [6.07, 6.45) is 5.85. The maximum absolute atomic E-state index is 12.4. The van der Waals surface area contributed by atoms with Gasteiger partial charge in [-0.15, -0.1) is 0 Å². The number of nitrogens with zero attached hydrogens (tertiary/aromatic N) is 4. The molecule has 3 aromatic rings. The molecule has 0 saturated carbocycles. The summed E-state index contributed by atoms with van der Waals surface area (Å²) in [5.41, 5.74) is 2.57. The quantitative estimate of drug-likeness (QED) is 0.688. The highest BCUT2D eigenvalue weighted by Crippen LogP contribution is 2.17. The monoisotopic (exact) mass is 392 g/mol. The van der Waals surface area contributed by atoms with E-state index in [0.717, 1.165) is 17.8 Å². The third-order valence-corrected chi connectivity index (χ3v) is 5.27. The first-order valence-corrected chi connectivity index (χ1v) is 9.77. The van der Waals surface area contributed by atoms with Gasteiger partial charge in [0.1, 0.15) is 11.5 Å². The van der Waals surface area contributed by atoms with Gasteiger partial charge in [-0.25, -0.2) is 9.97 Å². The highest BCUT2D eigenvalue weighted by atomic mass is 16.2. The average Bonchev–Trinajstić information content (AvgIpc) is 3.17. The first kappa shape index (κ1) is 18.9. The summed E-state index contributed by atoms with van der Waals surface area (Å²) < 4.78 is 0. The van der Waals surface area contributed by atoms with Crippen LogP contribution in [-0.2, 0) is 11.2 Å². The van der Waals surface area contributed by atoms with Crippen LogP contribution in [0.1, 0.15) is 23.0 Å². The van der Waals surface area contributed by atoms with Gasteiger partial charge in [-0.2, -0.15) is 0 Å². The van der Waals surface area contributed by atoms with E-state index in [9.17, 15) is 9.59 Å². The number of amides is 2. The van der Waals surface area contributed by atoms with Crippen LogP contribution in [0.5, 0.6) is 0 Å². The van der Waals surface area contributed by atoms with Crippen LogP contribution in [0, 0.1) is 0 Å². The molecule has 2 N–H and O–H groups in total. The summed E-state index contributed by atoms with van der Waals surface area (Å²) in [5.74, 6) is 0.587. The first-order valence-electron chi connectivity index (χ1n) is 9.77. The van der Waals surface area contributed by atoms with Gasteiger partial charge in [0.25, 0.3) is 5.91 Å². The Morgan fingerprint density at radius 1 is 1.10 bits per heavy atom. The van der Waals surface area contributed by atoms with Crippen LogP contribution in [-0.4, -0.2) is 64.4 Å². The Morgan fingerprint density at radius 3 is 2.62 bits per heavy atom. The molecular formula is C21H24N6O2. The Morgan fingerprint density at radius 2 is 1.90 bits per heavy atom. The second-order valence-electron chi connectivity index (χ2n) is 7.12. The van der Waals surface area contributed by atoms with E-state index in [4.69, 9.17) is 0 Å². The molecular weight excluding hydrogens is 368 g/mol. The van der Waals surface area contributed by atoms with E-state index in [1.165, 1.54) is 17.1 Å². The van der Waals surface area contributed by atoms with Gasteiger partial charge in [-0.05, 0) is 18.1 Å². The van der Waals surface area contributed by atoms with Gasteiger partial charge in [-0.1, -0.05) is 18.2 Å². The molecule has 2 amide bonds. The number of fused-ring (bicyclic) bond motifs is 1. The summed E-state index contributed by atoms with van der Waals surface area (Å²) in [5, 5.41) is 4.08. The maximum atomic E-state index is 12.4. The number of anilines is 1. The SMILES string of the molecule is CC(=O)N1CCN(c2cnc(C(=O)NCCc3c[nH]c4ccccc34)cn2)CC1. The molecule has 8 nitrogen and oxygen atoms in total. The van der Waals surface area contributed by atoms with Crippen LogP contribution >= 0.6 is 0 Å². The van der Waals surface area contributed by atoms with Gasteiger partial charge in [0, 0.05) is 56.7 Å². The lowest BCUT2D eigenvalue weighted by Gasteiger charge is -2.34. The van der Waals surface area contributed by atoms with Crippen LogP contribution in [0.2, 0.25) is 0 Å². The molecule has 3 heterocycles. The number of benzene rings is 1. The molecule has 0 bridgehead atoms. The highest BCUT2D eigenvalue weighted by Gasteiger charge is 2.20. The molecule has 0 atom stereocenters. The molecule has 2 aromatic heterocycles. The molecule has 1 aliphatic heterocycles. The second-order valence-corrected chi connectivity index (χ2v) is 7.12. The number of aromatic amines is 1. The van der Waals surface area contributed by atoms with Gasteiger partial charge in [0.05, 0.1) is 12.4 Å². The van der Waals surface area contributed by atoms with E-state index < -0.39 is 0 Å². The smallest absolute Gasteiger partial charge is 0.271 e. The molecule has 0 aliphatic carbocycles. The van der Waals surface area contributed by atoms with Gasteiger partial charge in [0.15, 0.2) is 0 Å². The standard InChI is InChI=1S/C21H24N6O2/c1-15(28)26-8-10-27(11-9-26)20-14-24-19(13-25-20)21(29)22-7-6-16-12-23-18-5-3-2-4-17(16)18/h2-5,12-14,23H,6-11H2,1H3,(H,22,29). The highest BCUT2D eigenvalue weighted by molar-refractivity contribution is 5.92. The molecule has 150 valence electrons. The average molecular weight is 392 g/mol. The van der Waals surface area contributed by atoms with Crippen molar-refractivity contribution in [2.75, 3.05) is 37.6 Å². The molecule has 0 spiro atoms. The zero-order valence-electron chi connectivity index (χ0n) is 16.4. The van der Waals surface area contributed by atoms with Crippen molar-refractivity contribution in [2.45, 2.75) is 13.3 Å². The lowest BCUT2D eigenvalue weighted by atomic mass is 10.1. The molecule has 4 rings (SSSR count). The van der Waals surface area contributed by atoms with Crippen LogP contribution in [0.15, 0.2) is 42.9 Å². The molecule has 1 fully saturated rings. The van der Waals surface area contributed by atoms with Crippen molar-refractivity contribution in [1.29, 1.82) is 0 Å². The van der Waals surface area contributed by atoms with Crippen molar-refractivity contribution in [3.8, 4) is 0 Å². The molecule has 1 aromatic carbocycles. The van der Waals surface area contributed by atoms with Crippen molar-refractivity contribution >= 4 is 28.5 Å². The lowest BCUT2D eigenvalue weighted by Crippen LogP contribution is -2.48. The maximum Gasteiger partial charge on any atom is 0.271 e. The summed E-state index contributed by atoms with van der Waals surface area (Å²) in [4.78, 5) is 39.6. The van der Waals surface area contributed by atoms with Crippen LogP contribution in [0.25, 0.3) is 10.9 Å². The third-order valence-electron chi connectivity index (χ3n) is 5.27. The number of carbonyl (C=O) groups excluding carboxylic acids is 2. The van der Waals surface area contributed by atoms with E-state index in [2.05, 4.69) is 31.2 Å². The van der Waals surface area contributed by atoms with Crippen LogP contribution in [0.4, 0.5) is 5.82 Å². The molecule has 0 unspecified atom stereocenters. The van der Waals surface area contributed by atoms with Crippen molar-refractivity contribution in [3.05, 3.63) is 54.1 Å². The molecule has 8 heteroatoms. The molecule has 0 radical (unpaired) electrons. The number of piperazine rings is 1. The number of nitrogens with one attached hydrogen (secondary N) is 2. The molecule has 1 aliphatic rings. The Hall–Kier alpha value is -3.42. The fourth-order valence-corrected chi connectivity index (χ4v) is 3.59. The van der Waals surface area contributed by atoms with E-state index in [1.54, 1.807) is 13.1 Å². The minimum atomic E-state index is -0.231. The van der Waals surface area contributed by atoms with Crippen LogP contribution < -0.4 is 10.2 Å². The fourth-order valence-electron chi connectivity index (χ4n) is 3.59. The van der Waals surface area contributed by atoms with E-state index >= 15 is 0 Å². The van der Waals surface area contributed by atoms with Gasteiger partial charge in [-0.3, -0.25) is 9.59 Å². The van der Waals surface area contributed by atoms with Gasteiger partial charge < -0.3 is 20.1 Å². The first-order chi connectivity index (χ1) is 14.1. The Balaban J connectivity index is 1.30. The van der Waals surface area contributed by atoms with Crippen molar-refractivity contribution in [1.82, 2.24) is 25.2 Å². The summed E-state index contributed by atoms with van der Waals surface area (Å²) in [6, 6.07) is 8.11. The second kappa shape index (κ2) is 8.30. The topological polar surface area (TPSA) is 94.2 Å². The number of hydrogen-bond acceptors (Lipinski definition) is 5. The van der Waals surface area contributed by atoms with Gasteiger partial charge >= 0.3 is 0 Å². The van der Waals surface area contributed by atoms with Gasteiger partial charge in [0.2, 0.25) is 5.91 Å². The number of aromatic nitrogens is 3. The Kier molecular flexibility index (Phi) is 5.41. The Bertz CT molecular complexity index is 1010. The largest absolute Gasteiger partial charge is 0.361 e. The van der Waals surface area contributed by atoms with Crippen molar-refractivity contribution < 1.29 is 9.59 Å². The number of hydrogen-bond donors (Lipinski definition) is 2. The predicted molar refractivity (Wildman–Crippen MR) is 111 cm³/mol. The fraction of sp³-hybridized carbons (Fsp3) is 0.333. The van der Waals surface area contributed by atoms with E-state index in [1.807, 2.05) is 29.3 Å². The summed E-state index contributed by atoms with van der Waals surface area (Å²) in [6.45, 7) is 4.88. The van der Waals surface area contributed by atoms with Crippen molar-refractivity contribution in [2.24, 2.45) is 0 Å². The van der Waals surface area contributed by atoms with Crippen molar-refractivity contribution in [3.63, 3.8) is 0 Å². The zero-order valence-corrected chi connectivity index (χ0v) is 16.4. The minimum absolute atomic E-state index is 0.0930. The van der Waals surface area contributed by atoms with Crippen LogP contribution in [0.3, 0.4) is 0 Å². The third kappa shape index (κ3) is 4.21.